The van der Waals surface area contributed by atoms with Gasteiger partial charge in [0.15, 0.2) is 5.76 Å². The first-order chi connectivity index (χ1) is 8.79. The molecule has 1 aromatic rings. The van der Waals surface area contributed by atoms with Crippen LogP contribution in [-0.4, -0.2) is 44.4 Å². The van der Waals surface area contributed by atoms with Crippen molar-refractivity contribution in [1.29, 1.82) is 0 Å². The molecular formula is C10H16N2O6S. The zero-order chi connectivity index (χ0) is 14.6. The quantitative estimate of drug-likeness (QED) is 0.729. The molecule has 1 atom stereocenters. The molecule has 108 valence electrons. The van der Waals surface area contributed by atoms with Gasteiger partial charge in [0.1, 0.15) is 16.6 Å². The van der Waals surface area contributed by atoms with E-state index in [0.717, 1.165) is 0 Å². The van der Waals surface area contributed by atoms with Crippen molar-refractivity contribution in [2.24, 2.45) is 0 Å². The molecule has 9 heteroatoms. The topological polar surface area (TPSA) is 119 Å². The summed E-state index contributed by atoms with van der Waals surface area (Å²) in [7, 11) is -2.59. The molecule has 1 heterocycles. The molecule has 0 spiro atoms. The largest absolute Gasteiger partial charge is 0.480 e. The highest BCUT2D eigenvalue weighted by molar-refractivity contribution is 7.89. The third-order valence-corrected chi connectivity index (χ3v) is 4.16. The SMILES string of the molecule is COCCC(NS(=O)(=O)c1c(C)noc1C)C(=O)O. The molecule has 1 unspecified atom stereocenters. The normalized spacial score (nSPS) is 13.4. The molecule has 0 bridgehead atoms. The summed E-state index contributed by atoms with van der Waals surface area (Å²) in [6, 6.07) is -1.27. The summed E-state index contributed by atoms with van der Waals surface area (Å²) in [4.78, 5) is 10.9. The van der Waals surface area contributed by atoms with Crippen LogP contribution in [0, 0.1) is 13.8 Å². The molecule has 0 saturated carbocycles. The number of carboxylic acids is 1. The van der Waals surface area contributed by atoms with Crippen LogP contribution in [0.25, 0.3) is 0 Å². The van der Waals surface area contributed by atoms with E-state index in [1.165, 1.54) is 21.0 Å². The van der Waals surface area contributed by atoms with Gasteiger partial charge in [-0.1, -0.05) is 5.16 Å². The van der Waals surface area contributed by atoms with Crippen molar-refractivity contribution in [1.82, 2.24) is 9.88 Å². The van der Waals surface area contributed by atoms with Gasteiger partial charge in [0.05, 0.1) is 0 Å². The van der Waals surface area contributed by atoms with Crippen molar-refractivity contribution < 1.29 is 27.6 Å². The highest BCUT2D eigenvalue weighted by Crippen LogP contribution is 2.19. The maximum absolute atomic E-state index is 12.1. The average molecular weight is 292 g/mol. The molecular weight excluding hydrogens is 276 g/mol. The van der Waals surface area contributed by atoms with Gasteiger partial charge >= 0.3 is 5.97 Å². The van der Waals surface area contributed by atoms with Gasteiger partial charge in [-0.25, -0.2) is 8.42 Å². The summed E-state index contributed by atoms with van der Waals surface area (Å²) in [6.45, 7) is 3.04. The Bertz CT molecular complexity index is 531. The van der Waals surface area contributed by atoms with Crippen molar-refractivity contribution in [2.45, 2.75) is 31.2 Å². The Balaban J connectivity index is 2.98. The minimum atomic E-state index is -4.00. The summed E-state index contributed by atoms with van der Waals surface area (Å²) in [5, 5.41) is 12.5. The highest BCUT2D eigenvalue weighted by atomic mass is 32.2. The van der Waals surface area contributed by atoms with E-state index in [4.69, 9.17) is 14.4 Å². The summed E-state index contributed by atoms with van der Waals surface area (Å²) in [5.74, 6) is -1.16. The van der Waals surface area contributed by atoms with Crippen LogP contribution in [0.4, 0.5) is 0 Å². The summed E-state index contributed by atoms with van der Waals surface area (Å²) in [6.07, 6.45) is 0.0223. The van der Waals surface area contributed by atoms with Crippen LogP contribution >= 0.6 is 0 Å². The van der Waals surface area contributed by atoms with Crippen molar-refractivity contribution in [2.75, 3.05) is 13.7 Å². The Kier molecular flexibility index (Phi) is 5.04. The van der Waals surface area contributed by atoms with Gasteiger partial charge in [-0.3, -0.25) is 4.79 Å². The molecule has 1 aromatic heterocycles. The molecule has 1 rings (SSSR count). The number of sulfonamides is 1. The van der Waals surface area contributed by atoms with Crippen LogP contribution in [0.3, 0.4) is 0 Å². The Hall–Kier alpha value is -1.45. The van der Waals surface area contributed by atoms with E-state index < -0.39 is 22.0 Å². The predicted octanol–water partition coefficient (Wildman–Crippen LogP) is 0.0594. The van der Waals surface area contributed by atoms with Crippen LogP contribution < -0.4 is 4.72 Å². The third-order valence-electron chi connectivity index (χ3n) is 2.44. The molecule has 0 aliphatic carbocycles. The number of nitrogens with one attached hydrogen (secondary N) is 1. The van der Waals surface area contributed by atoms with Gasteiger partial charge in [-0.15, -0.1) is 0 Å². The van der Waals surface area contributed by atoms with E-state index in [1.807, 2.05) is 0 Å². The van der Waals surface area contributed by atoms with Crippen LogP contribution in [0.2, 0.25) is 0 Å². The fourth-order valence-electron chi connectivity index (χ4n) is 1.57. The number of nitrogens with zero attached hydrogens (tertiary/aromatic N) is 1. The second-order valence-electron chi connectivity index (χ2n) is 3.95. The summed E-state index contributed by atoms with van der Waals surface area (Å²) >= 11 is 0. The Morgan fingerprint density at radius 1 is 1.53 bits per heavy atom. The number of aryl methyl sites for hydroxylation is 2. The van der Waals surface area contributed by atoms with Crippen molar-refractivity contribution in [3.05, 3.63) is 11.5 Å². The monoisotopic (exact) mass is 292 g/mol. The lowest BCUT2D eigenvalue weighted by Crippen LogP contribution is -2.41. The molecule has 19 heavy (non-hydrogen) atoms. The third kappa shape index (κ3) is 3.75. The molecule has 0 aliphatic heterocycles. The zero-order valence-electron chi connectivity index (χ0n) is 10.8. The molecule has 0 saturated heterocycles. The van der Waals surface area contributed by atoms with Crippen LogP contribution in [0.1, 0.15) is 17.9 Å². The van der Waals surface area contributed by atoms with Gasteiger partial charge < -0.3 is 14.4 Å². The van der Waals surface area contributed by atoms with Gasteiger partial charge in [0, 0.05) is 13.7 Å². The number of hydrogen-bond donors (Lipinski definition) is 2. The first-order valence-electron chi connectivity index (χ1n) is 5.46. The number of aromatic nitrogens is 1. The number of rotatable bonds is 7. The molecule has 0 radical (unpaired) electrons. The first kappa shape index (κ1) is 15.6. The van der Waals surface area contributed by atoms with E-state index in [2.05, 4.69) is 9.88 Å². The molecule has 2 N–H and O–H groups in total. The lowest BCUT2D eigenvalue weighted by Gasteiger charge is -2.14. The van der Waals surface area contributed by atoms with Gasteiger partial charge in [0.25, 0.3) is 0 Å². The predicted molar refractivity (Wildman–Crippen MR) is 64.2 cm³/mol. The van der Waals surface area contributed by atoms with Crippen LogP contribution in [-0.2, 0) is 19.6 Å². The number of ether oxygens (including phenoxy) is 1. The van der Waals surface area contributed by atoms with Crippen LogP contribution in [0.15, 0.2) is 9.42 Å². The van der Waals surface area contributed by atoms with Gasteiger partial charge in [0.2, 0.25) is 10.0 Å². The molecule has 8 nitrogen and oxygen atoms in total. The maximum Gasteiger partial charge on any atom is 0.321 e. The van der Waals surface area contributed by atoms with E-state index in [0.29, 0.717) is 0 Å². The van der Waals surface area contributed by atoms with Crippen molar-refractivity contribution in [3.63, 3.8) is 0 Å². The van der Waals surface area contributed by atoms with E-state index in [1.54, 1.807) is 0 Å². The number of methoxy groups -OCH3 is 1. The highest BCUT2D eigenvalue weighted by Gasteiger charge is 2.29. The molecule has 0 fully saturated rings. The molecule has 0 amide bonds. The van der Waals surface area contributed by atoms with E-state index >= 15 is 0 Å². The lowest BCUT2D eigenvalue weighted by atomic mass is 10.2. The number of hydrogen-bond acceptors (Lipinski definition) is 6. The summed E-state index contributed by atoms with van der Waals surface area (Å²) in [5.41, 5.74) is 0.181. The molecule has 0 aromatic carbocycles. The average Bonchev–Trinajstić information content (AvgIpc) is 2.64. The van der Waals surface area contributed by atoms with Gasteiger partial charge in [-0.05, 0) is 20.3 Å². The minimum Gasteiger partial charge on any atom is -0.480 e. The minimum absolute atomic E-state index is 0.0223. The van der Waals surface area contributed by atoms with Crippen molar-refractivity contribution in [3.8, 4) is 0 Å². The summed E-state index contributed by atoms with van der Waals surface area (Å²) < 4.78 is 35.8. The zero-order valence-corrected chi connectivity index (χ0v) is 11.7. The maximum atomic E-state index is 12.1. The number of aliphatic carboxylic acids is 1. The van der Waals surface area contributed by atoms with Gasteiger partial charge in [-0.2, -0.15) is 4.72 Å². The molecule has 0 aliphatic rings. The second kappa shape index (κ2) is 6.13. The smallest absolute Gasteiger partial charge is 0.321 e. The fraction of sp³-hybridized carbons (Fsp3) is 0.600. The first-order valence-corrected chi connectivity index (χ1v) is 6.95. The van der Waals surface area contributed by atoms with Crippen LogP contribution in [0.5, 0.6) is 0 Å². The number of carboxylic acid groups (broad SMARTS) is 1. The lowest BCUT2D eigenvalue weighted by molar-refractivity contribution is -0.139. The second-order valence-corrected chi connectivity index (χ2v) is 5.60. The Morgan fingerprint density at radius 2 is 2.16 bits per heavy atom. The fourth-order valence-corrected chi connectivity index (χ4v) is 3.13. The Morgan fingerprint density at radius 3 is 2.58 bits per heavy atom. The number of carbonyl (C=O) groups is 1. The standard InChI is InChI=1S/C10H16N2O6S/c1-6-9(7(2)18-11-6)19(15,16)12-8(10(13)14)4-5-17-3/h8,12H,4-5H2,1-3H3,(H,13,14). The van der Waals surface area contributed by atoms with E-state index in [9.17, 15) is 13.2 Å². The Labute approximate surface area is 110 Å². The van der Waals surface area contributed by atoms with Crippen molar-refractivity contribution >= 4 is 16.0 Å². The van der Waals surface area contributed by atoms with E-state index in [-0.39, 0.29) is 29.4 Å².